The topological polar surface area (TPSA) is 46.6 Å². The Hall–Kier alpha value is -0.980. The third-order valence-corrected chi connectivity index (χ3v) is 6.84. The quantitative estimate of drug-likeness (QED) is 0.857. The minimum Gasteiger partial charge on any atom is -0.381 e. The molecule has 0 N–H and O–H groups in total. The van der Waals surface area contributed by atoms with Crippen molar-refractivity contribution in [1.82, 2.24) is 4.31 Å². The summed E-state index contributed by atoms with van der Waals surface area (Å²) in [7, 11) is -3.30. The van der Waals surface area contributed by atoms with Gasteiger partial charge in [-0.15, -0.1) is 0 Å². The molecule has 1 atom stereocenters. The standard InChI is InChI=1S/C16H22FNO3S/c1-12-16-3-2-15(17)10-14(16)4-7-18(12)22(19,20)11-13-5-8-21-9-6-13/h2-3,10,12-13H,4-9,11H2,1H3/t12-/m1/s1. The third-order valence-electron chi connectivity index (χ3n) is 4.73. The van der Waals surface area contributed by atoms with Gasteiger partial charge in [0.25, 0.3) is 0 Å². The molecule has 2 aliphatic heterocycles. The number of ether oxygens (including phenoxy) is 1. The second-order valence-corrected chi connectivity index (χ2v) is 8.18. The molecule has 1 aromatic rings. The lowest BCUT2D eigenvalue weighted by Crippen LogP contribution is -2.42. The summed E-state index contributed by atoms with van der Waals surface area (Å²) in [4.78, 5) is 0. The maximum absolute atomic E-state index is 13.3. The first kappa shape index (κ1) is 15.9. The van der Waals surface area contributed by atoms with E-state index in [1.165, 1.54) is 12.1 Å². The van der Waals surface area contributed by atoms with Crippen molar-refractivity contribution in [2.45, 2.75) is 32.2 Å². The third kappa shape index (κ3) is 3.19. The fourth-order valence-corrected chi connectivity index (χ4v) is 5.55. The zero-order valence-corrected chi connectivity index (χ0v) is 13.6. The molecule has 2 aliphatic rings. The van der Waals surface area contributed by atoms with Crippen LogP contribution in [-0.2, 0) is 21.2 Å². The van der Waals surface area contributed by atoms with Crippen molar-refractivity contribution in [2.24, 2.45) is 5.92 Å². The minimum absolute atomic E-state index is 0.181. The molecule has 0 spiro atoms. The summed E-state index contributed by atoms with van der Waals surface area (Å²) in [5, 5.41) is 0. The van der Waals surface area contributed by atoms with Gasteiger partial charge in [0.2, 0.25) is 10.0 Å². The molecular formula is C16H22FNO3S. The molecule has 0 unspecified atom stereocenters. The molecule has 2 heterocycles. The molecular weight excluding hydrogens is 305 g/mol. The van der Waals surface area contributed by atoms with E-state index < -0.39 is 10.0 Å². The first-order valence-corrected chi connectivity index (χ1v) is 9.44. The van der Waals surface area contributed by atoms with Crippen LogP contribution >= 0.6 is 0 Å². The largest absolute Gasteiger partial charge is 0.381 e. The van der Waals surface area contributed by atoms with Gasteiger partial charge in [-0.1, -0.05) is 6.07 Å². The molecule has 4 nitrogen and oxygen atoms in total. The highest BCUT2D eigenvalue weighted by Crippen LogP contribution is 2.33. The molecule has 0 aromatic heterocycles. The minimum atomic E-state index is -3.30. The van der Waals surface area contributed by atoms with E-state index in [2.05, 4.69) is 0 Å². The van der Waals surface area contributed by atoms with Crippen LogP contribution in [0.15, 0.2) is 18.2 Å². The Morgan fingerprint density at radius 1 is 1.32 bits per heavy atom. The fraction of sp³-hybridized carbons (Fsp3) is 0.625. The summed E-state index contributed by atoms with van der Waals surface area (Å²) in [5.41, 5.74) is 1.84. The number of hydrogen-bond donors (Lipinski definition) is 0. The van der Waals surface area contributed by atoms with Gasteiger partial charge in [-0.05, 0) is 55.4 Å². The Bertz CT molecular complexity index is 641. The summed E-state index contributed by atoms with van der Waals surface area (Å²) in [6, 6.07) is 4.41. The summed E-state index contributed by atoms with van der Waals surface area (Å²) >= 11 is 0. The van der Waals surface area contributed by atoms with Crippen LogP contribution in [0.1, 0.15) is 36.9 Å². The SMILES string of the molecule is C[C@@H]1c2ccc(F)cc2CCN1S(=O)(=O)CC1CCOCC1. The van der Waals surface area contributed by atoms with Gasteiger partial charge in [-0.3, -0.25) is 0 Å². The molecule has 0 bridgehead atoms. The number of sulfonamides is 1. The van der Waals surface area contributed by atoms with Crippen molar-refractivity contribution >= 4 is 10.0 Å². The number of fused-ring (bicyclic) bond motifs is 1. The molecule has 0 amide bonds. The average Bonchev–Trinajstić information content (AvgIpc) is 2.47. The van der Waals surface area contributed by atoms with Crippen LogP contribution in [0.5, 0.6) is 0 Å². The van der Waals surface area contributed by atoms with Crippen molar-refractivity contribution in [3.8, 4) is 0 Å². The lowest BCUT2D eigenvalue weighted by atomic mass is 9.95. The highest BCUT2D eigenvalue weighted by atomic mass is 32.2. The van der Waals surface area contributed by atoms with Gasteiger partial charge in [0.15, 0.2) is 0 Å². The van der Waals surface area contributed by atoms with E-state index in [1.54, 1.807) is 10.4 Å². The monoisotopic (exact) mass is 327 g/mol. The van der Waals surface area contributed by atoms with Gasteiger partial charge < -0.3 is 4.74 Å². The van der Waals surface area contributed by atoms with E-state index in [1.807, 2.05) is 6.92 Å². The maximum atomic E-state index is 13.3. The Morgan fingerprint density at radius 2 is 2.05 bits per heavy atom. The van der Waals surface area contributed by atoms with Gasteiger partial charge >= 0.3 is 0 Å². The normalized spacial score (nSPS) is 24.2. The van der Waals surface area contributed by atoms with E-state index in [0.29, 0.717) is 26.2 Å². The highest BCUT2D eigenvalue weighted by molar-refractivity contribution is 7.89. The Balaban J connectivity index is 1.78. The van der Waals surface area contributed by atoms with E-state index in [4.69, 9.17) is 4.74 Å². The van der Waals surface area contributed by atoms with E-state index >= 15 is 0 Å². The van der Waals surface area contributed by atoms with Gasteiger partial charge in [0.05, 0.1) is 5.75 Å². The average molecular weight is 327 g/mol. The summed E-state index contributed by atoms with van der Waals surface area (Å²) in [6.45, 7) is 3.62. The predicted octanol–water partition coefficient (Wildman–Crippen LogP) is 2.50. The fourth-order valence-electron chi connectivity index (χ4n) is 3.46. The molecule has 1 saturated heterocycles. The molecule has 22 heavy (non-hydrogen) atoms. The first-order valence-electron chi connectivity index (χ1n) is 7.83. The number of hydrogen-bond acceptors (Lipinski definition) is 3. The van der Waals surface area contributed by atoms with Gasteiger partial charge in [-0.2, -0.15) is 4.31 Å². The molecule has 3 rings (SSSR count). The molecule has 1 aromatic carbocycles. The molecule has 0 radical (unpaired) electrons. The van der Waals surface area contributed by atoms with Crippen LogP contribution in [0.3, 0.4) is 0 Å². The Morgan fingerprint density at radius 3 is 2.77 bits per heavy atom. The lowest BCUT2D eigenvalue weighted by molar-refractivity contribution is 0.0719. The van der Waals surface area contributed by atoms with Crippen molar-refractivity contribution in [2.75, 3.05) is 25.5 Å². The van der Waals surface area contributed by atoms with Crippen molar-refractivity contribution < 1.29 is 17.5 Å². The number of nitrogens with zero attached hydrogens (tertiary/aromatic N) is 1. The summed E-state index contributed by atoms with van der Waals surface area (Å²) in [6.07, 6.45) is 2.19. The van der Waals surface area contributed by atoms with Crippen molar-refractivity contribution in [3.63, 3.8) is 0 Å². The number of rotatable bonds is 3. The predicted molar refractivity (Wildman–Crippen MR) is 82.6 cm³/mol. The molecule has 122 valence electrons. The van der Waals surface area contributed by atoms with Crippen molar-refractivity contribution in [3.05, 3.63) is 35.1 Å². The van der Waals surface area contributed by atoms with Gasteiger partial charge in [0.1, 0.15) is 5.82 Å². The van der Waals surface area contributed by atoms with Crippen LogP contribution in [0.2, 0.25) is 0 Å². The zero-order chi connectivity index (χ0) is 15.7. The number of halogens is 1. The summed E-state index contributed by atoms with van der Waals surface area (Å²) in [5.74, 6) is 0.113. The number of benzene rings is 1. The Kier molecular flexibility index (Phi) is 4.52. The van der Waals surface area contributed by atoms with Crippen LogP contribution in [0, 0.1) is 11.7 Å². The lowest BCUT2D eigenvalue weighted by Gasteiger charge is -2.35. The van der Waals surface area contributed by atoms with Crippen molar-refractivity contribution in [1.29, 1.82) is 0 Å². The van der Waals surface area contributed by atoms with Crippen LogP contribution in [-0.4, -0.2) is 38.2 Å². The second kappa shape index (κ2) is 6.26. The molecule has 0 aliphatic carbocycles. The van der Waals surface area contributed by atoms with Gasteiger partial charge in [0, 0.05) is 25.8 Å². The van der Waals surface area contributed by atoms with Crippen LogP contribution in [0.4, 0.5) is 4.39 Å². The molecule has 1 fully saturated rings. The van der Waals surface area contributed by atoms with Gasteiger partial charge in [-0.25, -0.2) is 12.8 Å². The Labute approximate surface area is 131 Å². The van der Waals surface area contributed by atoms with Crippen LogP contribution < -0.4 is 0 Å². The zero-order valence-electron chi connectivity index (χ0n) is 12.8. The molecule has 0 saturated carbocycles. The van der Waals surface area contributed by atoms with Crippen LogP contribution in [0.25, 0.3) is 0 Å². The van der Waals surface area contributed by atoms with E-state index in [9.17, 15) is 12.8 Å². The maximum Gasteiger partial charge on any atom is 0.214 e. The smallest absolute Gasteiger partial charge is 0.214 e. The highest BCUT2D eigenvalue weighted by Gasteiger charge is 2.34. The first-order chi connectivity index (χ1) is 10.5. The molecule has 6 heteroatoms. The van der Waals surface area contributed by atoms with E-state index in [0.717, 1.165) is 24.0 Å². The summed E-state index contributed by atoms with van der Waals surface area (Å²) < 4.78 is 45.7. The van der Waals surface area contributed by atoms with E-state index in [-0.39, 0.29) is 23.5 Å². The second-order valence-electron chi connectivity index (χ2n) is 6.21.